The minimum Gasteiger partial charge on any atom is -0.306 e. The van der Waals surface area contributed by atoms with Crippen molar-refractivity contribution >= 4 is 33.1 Å². The zero-order valence-electron chi connectivity index (χ0n) is 20.9. The topological polar surface area (TPSA) is 99.7 Å². The Morgan fingerprint density at radius 2 is 1.68 bits per heavy atom. The number of carbonyl (C=O) groups excluding carboxylic acids is 2. The lowest BCUT2D eigenvalue weighted by Crippen LogP contribution is -2.43. The molecule has 1 N–H and O–H groups in total. The number of sulfonamides is 1. The Balaban J connectivity index is 1.39. The van der Waals surface area contributed by atoms with Gasteiger partial charge in [-0.05, 0) is 69.3 Å². The highest BCUT2D eigenvalue weighted by molar-refractivity contribution is 7.92. The summed E-state index contributed by atoms with van der Waals surface area (Å²) in [5, 5.41) is 0. The molecule has 0 saturated carbocycles. The number of anilines is 2. The van der Waals surface area contributed by atoms with Gasteiger partial charge in [0.2, 0.25) is 10.0 Å². The van der Waals surface area contributed by atoms with Gasteiger partial charge < -0.3 is 9.80 Å². The van der Waals surface area contributed by atoms with Crippen LogP contribution in [0.5, 0.6) is 0 Å². The Kier molecular flexibility index (Phi) is 8.68. The largest absolute Gasteiger partial charge is 0.306 e. The number of ketones is 1. The molecule has 0 unspecified atom stereocenters. The number of nitrogens with zero attached hydrogens (tertiary/aromatic N) is 3. The molecule has 9 heteroatoms. The van der Waals surface area contributed by atoms with Crippen molar-refractivity contribution in [3.05, 3.63) is 90.3 Å². The number of hydrogen-bond donors (Lipinski definition) is 1. The van der Waals surface area contributed by atoms with Crippen LogP contribution in [0.2, 0.25) is 0 Å². The summed E-state index contributed by atoms with van der Waals surface area (Å²) < 4.78 is 26.2. The van der Waals surface area contributed by atoms with E-state index in [9.17, 15) is 18.0 Å². The maximum Gasteiger partial charge on any atom is 0.258 e. The Morgan fingerprint density at radius 3 is 2.30 bits per heavy atom. The van der Waals surface area contributed by atoms with Crippen LogP contribution in [0.25, 0.3) is 0 Å². The van der Waals surface area contributed by atoms with Crippen molar-refractivity contribution < 1.29 is 18.0 Å². The Morgan fingerprint density at radius 1 is 0.973 bits per heavy atom. The normalized spacial score (nSPS) is 14.7. The van der Waals surface area contributed by atoms with Gasteiger partial charge in [0, 0.05) is 42.0 Å². The van der Waals surface area contributed by atoms with Crippen molar-refractivity contribution in [1.82, 2.24) is 9.88 Å². The van der Waals surface area contributed by atoms with E-state index in [4.69, 9.17) is 0 Å². The molecule has 0 bridgehead atoms. The van der Waals surface area contributed by atoms with E-state index >= 15 is 0 Å². The zero-order chi connectivity index (χ0) is 26.3. The Bertz CT molecular complexity index is 1290. The summed E-state index contributed by atoms with van der Waals surface area (Å²) in [7, 11) is -3.39. The predicted molar refractivity (Wildman–Crippen MR) is 145 cm³/mol. The maximum atomic E-state index is 13.5. The number of amides is 1. The van der Waals surface area contributed by atoms with Crippen molar-refractivity contribution in [3.8, 4) is 0 Å². The molecule has 3 aromatic rings. The minimum atomic E-state index is -3.39. The van der Waals surface area contributed by atoms with E-state index in [1.54, 1.807) is 54.5 Å². The lowest BCUT2D eigenvalue weighted by atomic mass is 9.89. The van der Waals surface area contributed by atoms with Gasteiger partial charge in [-0.2, -0.15) is 0 Å². The average Bonchev–Trinajstić information content (AvgIpc) is 2.94. The first kappa shape index (κ1) is 26.5. The molecule has 1 aliphatic rings. The highest BCUT2D eigenvalue weighted by Crippen LogP contribution is 2.23. The van der Waals surface area contributed by atoms with Crippen molar-refractivity contribution in [2.45, 2.75) is 19.8 Å². The van der Waals surface area contributed by atoms with Gasteiger partial charge in [-0.25, -0.2) is 8.42 Å². The van der Waals surface area contributed by atoms with Crippen LogP contribution in [0.4, 0.5) is 11.4 Å². The van der Waals surface area contributed by atoms with Crippen LogP contribution in [0.15, 0.2) is 79.1 Å². The van der Waals surface area contributed by atoms with E-state index in [0.29, 0.717) is 30.0 Å². The molecule has 1 amide bonds. The second kappa shape index (κ2) is 12.1. The standard InChI is InChI=1S/C28H32N4O4S/c1-2-37(35,36)30-25-12-10-24(11-13-25)28(34)32(26-9-6-16-29-21-26)20-19-31-17-14-23(15-18-31)27(33)22-7-4-3-5-8-22/h3-13,16,21,23,30H,2,14-15,17-20H2,1H3. The molecular formula is C28H32N4O4S. The number of benzene rings is 2. The summed E-state index contributed by atoms with van der Waals surface area (Å²) in [6, 6.07) is 19.5. The van der Waals surface area contributed by atoms with Crippen LogP contribution in [0.3, 0.4) is 0 Å². The number of carbonyl (C=O) groups is 2. The van der Waals surface area contributed by atoms with Crippen molar-refractivity contribution in [3.63, 3.8) is 0 Å². The summed E-state index contributed by atoms with van der Waals surface area (Å²) in [6.07, 6.45) is 4.91. The SMILES string of the molecule is CCS(=O)(=O)Nc1ccc(C(=O)N(CCN2CCC(C(=O)c3ccccc3)CC2)c2cccnc2)cc1. The van der Waals surface area contributed by atoms with Gasteiger partial charge in [0.15, 0.2) is 5.78 Å². The van der Waals surface area contributed by atoms with E-state index < -0.39 is 10.0 Å². The van der Waals surface area contributed by atoms with Gasteiger partial charge in [-0.3, -0.25) is 19.3 Å². The van der Waals surface area contributed by atoms with Crippen molar-refractivity contribution in [2.24, 2.45) is 5.92 Å². The molecule has 1 aliphatic heterocycles. The summed E-state index contributed by atoms with van der Waals surface area (Å²) >= 11 is 0. The number of pyridine rings is 1. The fourth-order valence-corrected chi connectivity index (χ4v) is 5.09. The van der Waals surface area contributed by atoms with Crippen LogP contribution in [-0.4, -0.2) is 61.9 Å². The third kappa shape index (κ3) is 7.02. The van der Waals surface area contributed by atoms with Gasteiger partial charge in [-0.1, -0.05) is 30.3 Å². The van der Waals surface area contributed by atoms with E-state index in [1.807, 2.05) is 36.4 Å². The molecule has 8 nitrogen and oxygen atoms in total. The number of nitrogens with one attached hydrogen (secondary N) is 1. The molecular weight excluding hydrogens is 488 g/mol. The molecule has 1 fully saturated rings. The van der Waals surface area contributed by atoms with Gasteiger partial charge in [-0.15, -0.1) is 0 Å². The molecule has 0 radical (unpaired) electrons. The highest BCUT2D eigenvalue weighted by Gasteiger charge is 2.27. The smallest absolute Gasteiger partial charge is 0.258 e. The molecule has 1 aromatic heterocycles. The highest BCUT2D eigenvalue weighted by atomic mass is 32.2. The fraction of sp³-hybridized carbons (Fsp3) is 0.321. The first-order chi connectivity index (χ1) is 17.9. The first-order valence-corrected chi connectivity index (χ1v) is 14.2. The average molecular weight is 521 g/mol. The molecule has 1 saturated heterocycles. The molecule has 194 valence electrons. The van der Waals surface area contributed by atoms with Gasteiger partial charge in [0.25, 0.3) is 5.91 Å². The van der Waals surface area contributed by atoms with Crippen LogP contribution in [0.1, 0.15) is 40.5 Å². The third-order valence-electron chi connectivity index (χ3n) is 6.64. The summed E-state index contributed by atoms with van der Waals surface area (Å²) in [6.45, 7) is 4.29. The fourth-order valence-electron chi connectivity index (χ4n) is 4.45. The Labute approximate surface area is 218 Å². The number of aromatic nitrogens is 1. The number of Topliss-reactive ketones (excluding diaryl/α,β-unsaturated/α-hetero) is 1. The predicted octanol–water partition coefficient (Wildman–Crippen LogP) is 4.08. The number of likely N-dealkylation sites (tertiary alicyclic amines) is 1. The molecule has 0 aliphatic carbocycles. The minimum absolute atomic E-state index is 0.0263. The molecule has 0 atom stereocenters. The molecule has 37 heavy (non-hydrogen) atoms. The molecule has 2 aromatic carbocycles. The zero-order valence-corrected chi connectivity index (χ0v) is 21.7. The van der Waals surface area contributed by atoms with Gasteiger partial charge >= 0.3 is 0 Å². The first-order valence-electron chi connectivity index (χ1n) is 12.5. The van der Waals surface area contributed by atoms with Crippen molar-refractivity contribution in [1.29, 1.82) is 0 Å². The lowest BCUT2D eigenvalue weighted by molar-refractivity contribution is 0.0841. The summed E-state index contributed by atoms with van der Waals surface area (Å²) in [4.78, 5) is 34.4. The molecule has 0 spiro atoms. The van der Waals surface area contributed by atoms with Crippen LogP contribution >= 0.6 is 0 Å². The Hall–Kier alpha value is -3.56. The molecule has 4 rings (SSSR count). The van der Waals surface area contributed by atoms with Crippen molar-refractivity contribution in [2.75, 3.05) is 41.6 Å². The quantitative estimate of drug-likeness (QED) is 0.405. The second-order valence-electron chi connectivity index (χ2n) is 9.10. The summed E-state index contributed by atoms with van der Waals surface area (Å²) in [5.41, 5.74) is 2.33. The number of hydrogen-bond acceptors (Lipinski definition) is 6. The van der Waals surface area contributed by atoms with E-state index in [2.05, 4.69) is 14.6 Å². The number of rotatable bonds is 10. The van der Waals surface area contributed by atoms with E-state index in [1.165, 1.54) is 0 Å². The number of piperidine rings is 1. The monoisotopic (exact) mass is 520 g/mol. The lowest BCUT2D eigenvalue weighted by Gasteiger charge is -2.33. The third-order valence-corrected chi connectivity index (χ3v) is 7.95. The van der Waals surface area contributed by atoms with Crippen LogP contribution in [-0.2, 0) is 10.0 Å². The van der Waals surface area contributed by atoms with E-state index in [0.717, 1.165) is 31.5 Å². The summed E-state index contributed by atoms with van der Waals surface area (Å²) in [5.74, 6) is 0.0163. The maximum absolute atomic E-state index is 13.5. The van der Waals surface area contributed by atoms with Gasteiger partial charge in [0.05, 0.1) is 17.6 Å². The van der Waals surface area contributed by atoms with Crippen LogP contribution in [0, 0.1) is 5.92 Å². The van der Waals surface area contributed by atoms with Gasteiger partial charge in [0.1, 0.15) is 0 Å². The molecule has 2 heterocycles. The van der Waals surface area contributed by atoms with E-state index in [-0.39, 0.29) is 23.4 Å². The second-order valence-corrected chi connectivity index (χ2v) is 11.1. The van der Waals surface area contributed by atoms with Crippen LogP contribution < -0.4 is 9.62 Å².